The van der Waals surface area contributed by atoms with E-state index in [1.165, 1.54) is 10.5 Å². The molecule has 1 aliphatic heterocycles. The SMILES string of the molecule is OC(Cc1cc(Cl)ccc1Cl)C1CSc2ccccc21. The molecular weight excluding hydrogens is 311 g/mol. The van der Waals surface area contributed by atoms with Crippen LogP contribution in [0.4, 0.5) is 0 Å². The van der Waals surface area contributed by atoms with Gasteiger partial charge in [-0.15, -0.1) is 11.8 Å². The van der Waals surface area contributed by atoms with Crippen LogP contribution in [0.2, 0.25) is 10.0 Å². The molecule has 0 saturated heterocycles. The Hall–Kier alpha value is -0.670. The maximum Gasteiger partial charge on any atom is 0.0658 e. The normalized spacial score (nSPS) is 18.9. The number of aliphatic hydroxyl groups is 1. The summed E-state index contributed by atoms with van der Waals surface area (Å²) in [6, 6.07) is 13.7. The van der Waals surface area contributed by atoms with Gasteiger partial charge in [0.15, 0.2) is 0 Å². The van der Waals surface area contributed by atoms with E-state index in [2.05, 4.69) is 12.1 Å². The van der Waals surface area contributed by atoms with E-state index in [1.54, 1.807) is 23.9 Å². The summed E-state index contributed by atoms with van der Waals surface area (Å²) in [5, 5.41) is 11.9. The van der Waals surface area contributed by atoms with Crippen LogP contribution in [0.5, 0.6) is 0 Å². The van der Waals surface area contributed by atoms with Crippen molar-refractivity contribution in [3.8, 4) is 0 Å². The lowest BCUT2D eigenvalue weighted by Crippen LogP contribution is -2.21. The van der Waals surface area contributed by atoms with Crippen LogP contribution in [0.3, 0.4) is 0 Å². The molecule has 0 aliphatic carbocycles. The Morgan fingerprint density at radius 1 is 1.20 bits per heavy atom. The van der Waals surface area contributed by atoms with Gasteiger partial charge in [-0.1, -0.05) is 41.4 Å². The van der Waals surface area contributed by atoms with Crippen molar-refractivity contribution < 1.29 is 5.11 Å². The fourth-order valence-corrected chi connectivity index (χ4v) is 4.28. The van der Waals surface area contributed by atoms with Crippen molar-refractivity contribution in [1.29, 1.82) is 0 Å². The lowest BCUT2D eigenvalue weighted by molar-refractivity contribution is 0.151. The first-order chi connectivity index (χ1) is 9.65. The highest BCUT2D eigenvalue weighted by Crippen LogP contribution is 2.42. The van der Waals surface area contributed by atoms with Crippen LogP contribution in [0.1, 0.15) is 17.0 Å². The molecule has 1 N–H and O–H groups in total. The molecule has 4 heteroatoms. The van der Waals surface area contributed by atoms with Crippen LogP contribution >= 0.6 is 35.0 Å². The molecule has 1 nitrogen and oxygen atoms in total. The van der Waals surface area contributed by atoms with Crippen molar-refractivity contribution >= 4 is 35.0 Å². The zero-order valence-electron chi connectivity index (χ0n) is 10.7. The van der Waals surface area contributed by atoms with E-state index in [4.69, 9.17) is 23.2 Å². The van der Waals surface area contributed by atoms with E-state index < -0.39 is 6.10 Å². The Labute approximate surface area is 132 Å². The van der Waals surface area contributed by atoms with Gasteiger partial charge in [-0.3, -0.25) is 0 Å². The summed E-state index contributed by atoms with van der Waals surface area (Å²) < 4.78 is 0. The predicted octanol–water partition coefficient (Wildman–Crippen LogP) is 4.79. The molecule has 2 atom stereocenters. The number of hydrogen-bond donors (Lipinski definition) is 1. The third-order valence-corrected chi connectivity index (χ3v) is 5.45. The van der Waals surface area contributed by atoms with E-state index in [1.807, 2.05) is 18.2 Å². The lowest BCUT2D eigenvalue weighted by Gasteiger charge is -2.19. The van der Waals surface area contributed by atoms with Gasteiger partial charge in [0, 0.05) is 33.0 Å². The monoisotopic (exact) mass is 324 g/mol. The van der Waals surface area contributed by atoms with E-state index in [0.717, 1.165) is 11.3 Å². The Bertz CT molecular complexity index is 630. The molecule has 2 unspecified atom stereocenters. The van der Waals surface area contributed by atoms with Gasteiger partial charge in [-0.2, -0.15) is 0 Å². The minimum Gasteiger partial charge on any atom is -0.392 e. The second-order valence-corrected chi connectivity index (χ2v) is 6.87. The average Bonchev–Trinajstić information content (AvgIpc) is 2.87. The molecule has 0 aromatic heterocycles. The number of rotatable bonds is 3. The summed E-state index contributed by atoms with van der Waals surface area (Å²) in [4.78, 5) is 1.27. The van der Waals surface area contributed by atoms with Crippen molar-refractivity contribution in [3.63, 3.8) is 0 Å². The van der Waals surface area contributed by atoms with Gasteiger partial charge < -0.3 is 5.11 Å². The molecule has 2 aromatic carbocycles. The van der Waals surface area contributed by atoms with Crippen molar-refractivity contribution in [2.75, 3.05) is 5.75 Å². The first-order valence-electron chi connectivity index (χ1n) is 6.49. The standard InChI is InChI=1S/C16H14Cl2OS/c17-11-5-6-14(18)10(7-11)8-15(19)13-9-20-16-4-2-1-3-12(13)16/h1-7,13,15,19H,8-9H2. The minimum atomic E-state index is -0.442. The molecule has 1 aliphatic rings. The number of halogens is 2. The van der Waals surface area contributed by atoms with Gasteiger partial charge in [0.25, 0.3) is 0 Å². The van der Waals surface area contributed by atoms with E-state index in [9.17, 15) is 5.11 Å². The van der Waals surface area contributed by atoms with Gasteiger partial charge in [-0.05, 0) is 35.4 Å². The predicted molar refractivity (Wildman–Crippen MR) is 86.1 cm³/mol. The second-order valence-electron chi connectivity index (χ2n) is 4.96. The maximum atomic E-state index is 10.5. The zero-order chi connectivity index (χ0) is 14.1. The van der Waals surface area contributed by atoms with Gasteiger partial charge in [0.2, 0.25) is 0 Å². The number of benzene rings is 2. The van der Waals surface area contributed by atoms with Gasteiger partial charge in [0.1, 0.15) is 0 Å². The van der Waals surface area contributed by atoms with Crippen LogP contribution in [0, 0.1) is 0 Å². The summed E-state index contributed by atoms with van der Waals surface area (Å²) in [6.45, 7) is 0. The van der Waals surface area contributed by atoms with Gasteiger partial charge in [0.05, 0.1) is 6.10 Å². The average molecular weight is 325 g/mol. The summed E-state index contributed by atoms with van der Waals surface area (Å²) in [5.41, 5.74) is 2.14. The highest BCUT2D eigenvalue weighted by atomic mass is 35.5. The molecule has 0 amide bonds. The van der Waals surface area contributed by atoms with Crippen LogP contribution < -0.4 is 0 Å². The molecule has 3 rings (SSSR count). The Morgan fingerprint density at radius 2 is 2.00 bits per heavy atom. The maximum absolute atomic E-state index is 10.5. The highest BCUT2D eigenvalue weighted by Gasteiger charge is 2.29. The zero-order valence-corrected chi connectivity index (χ0v) is 13.1. The molecule has 0 saturated carbocycles. The first-order valence-corrected chi connectivity index (χ1v) is 8.23. The van der Waals surface area contributed by atoms with Crippen LogP contribution in [-0.2, 0) is 6.42 Å². The quantitative estimate of drug-likeness (QED) is 0.876. The second kappa shape index (κ2) is 5.98. The Kier molecular flexibility index (Phi) is 4.27. The molecule has 0 spiro atoms. The van der Waals surface area contributed by atoms with E-state index in [0.29, 0.717) is 16.5 Å². The fraction of sp³-hybridized carbons (Fsp3) is 0.250. The van der Waals surface area contributed by atoms with E-state index in [-0.39, 0.29) is 5.92 Å². The molecule has 104 valence electrons. The van der Waals surface area contributed by atoms with Crippen molar-refractivity contribution in [2.45, 2.75) is 23.3 Å². The van der Waals surface area contributed by atoms with Crippen LogP contribution in [0.15, 0.2) is 47.4 Å². The van der Waals surface area contributed by atoms with Crippen molar-refractivity contribution in [1.82, 2.24) is 0 Å². The number of hydrogen-bond acceptors (Lipinski definition) is 2. The molecular formula is C16H14Cl2OS. The number of aliphatic hydroxyl groups excluding tert-OH is 1. The fourth-order valence-electron chi connectivity index (χ4n) is 2.57. The number of fused-ring (bicyclic) bond motifs is 1. The van der Waals surface area contributed by atoms with E-state index >= 15 is 0 Å². The van der Waals surface area contributed by atoms with Gasteiger partial charge in [-0.25, -0.2) is 0 Å². The summed E-state index contributed by atoms with van der Waals surface area (Å²) in [7, 11) is 0. The van der Waals surface area contributed by atoms with Gasteiger partial charge >= 0.3 is 0 Å². The minimum absolute atomic E-state index is 0.159. The molecule has 2 aromatic rings. The van der Waals surface area contributed by atoms with Crippen LogP contribution in [0.25, 0.3) is 0 Å². The largest absolute Gasteiger partial charge is 0.392 e. The molecule has 0 bridgehead atoms. The molecule has 0 radical (unpaired) electrons. The third kappa shape index (κ3) is 2.84. The topological polar surface area (TPSA) is 20.2 Å². The summed E-state index contributed by atoms with van der Waals surface area (Å²) in [5.74, 6) is 1.07. The van der Waals surface area contributed by atoms with Crippen molar-refractivity contribution in [2.24, 2.45) is 0 Å². The number of thioether (sulfide) groups is 1. The lowest BCUT2D eigenvalue weighted by atomic mass is 9.91. The smallest absolute Gasteiger partial charge is 0.0658 e. The Morgan fingerprint density at radius 3 is 2.85 bits per heavy atom. The molecule has 20 heavy (non-hydrogen) atoms. The summed E-state index contributed by atoms with van der Waals surface area (Å²) in [6.07, 6.45) is 0.0843. The first kappa shape index (κ1) is 14.3. The Balaban J connectivity index is 1.81. The summed E-state index contributed by atoms with van der Waals surface area (Å²) >= 11 is 14.0. The molecule has 1 heterocycles. The highest BCUT2D eigenvalue weighted by molar-refractivity contribution is 7.99. The third-order valence-electron chi connectivity index (χ3n) is 3.64. The van der Waals surface area contributed by atoms with Crippen LogP contribution in [-0.4, -0.2) is 17.0 Å². The van der Waals surface area contributed by atoms with Crippen molar-refractivity contribution in [3.05, 3.63) is 63.6 Å². The molecule has 0 fully saturated rings.